The average Bonchev–Trinajstić information content (AvgIpc) is 2.97. The summed E-state index contributed by atoms with van der Waals surface area (Å²) in [6.45, 7) is 5.68. The standard InChI is InChI=1S/C19H22N4O5/c1-19(2,3)28-18(25)23-15-7-5-4-6-12(15)13-10-14(21-11-16(13)23)17(24)20-8-9-27-22-26/h4-7,10-11,22,26H,8-9H2,1-3H3,(H,20,24). The van der Waals surface area contributed by atoms with Gasteiger partial charge in [-0.05, 0) is 32.9 Å². The summed E-state index contributed by atoms with van der Waals surface area (Å²) >= 11 is 0. The highest BCUT2D eigenvalue weighted by Gasteiger charge is 2.23. The second kappa shape index (κ2) is 7.93. The summed E-state index contributed by atoms with van der Waals surface area (Å²) in [6, 6.07) is 9.02. The molecule has 9 nitrogen and oxygen atoms in total. The summed E-state index contributed by atoms with van der Waals surface area (Å²) in [6.07, 6.45) is 0.978. The van der Waals surface area contributed by atoms with E-state index in [2.05, 4.69) is 15.1 Å². The zero-order valence-corrected chi connectivity index (χ0v) is 15.9. The Kier molecular flexibility index (Phi) is 5.59. The van der Waals surface area contributed by atoms with E-state index in [9.17, 15) is 9.59 Å². The number of carbonyl (C=O) groups is 2. The van der Waals surface area contributed by atoms with Gasteiger partial charge in [0, 0.05) is 17.3 Å². The highest BCUT2D eigenvalue weighted by molar-refractivity contribution is 6.13. The maximum atomic E-state index is 12.8. The van der Waals surface area contributed by atoms with Crippen LogP contribution in [0, 0.1) is 0 Å². The van der Waals surface area contributed by atoms with Crippen LogP contribution >= 0.6 is 0 Å². The normalized spacial score (nSPS) is 11.7. The van der Waals surface area contributed by atoms with Crippen LogP contribution in [0.15, 0.2) is 36.5 Å². The van der Waals surface area contributed by atoms with Crippen LogP contribution in [-0.4, -0.2) is 45.5 Å². The number of ether oxygens (including phenoxy) is 1. The van der Waals surface area contributed by atoms with Crippen molar-refractivity contribution in [2.75, 3.05) is 13.2 Å². The van der Waals surface area contributed by atoms with Gasteiger partial charge in [0.2, 0.25) is 0 Å². The number of rotatable bonds is 5. The molecule has 3 rings (SSSR count). The van der Waals surface area contributed by atoms with E-state index in [1.807, 2.05) is 24.3 Å². The number of hydrogen-bond acceptors (Lipinski definition) is 7. The summed E-state index contributed by atoms with van der Waals surface area (Å²) in [4.78, 5) is 33.8. The van der Waals surface area contributed by atoms with Crippen LogP contribution in [0.4, 0.5) is 4.79 Å². The quantitative estimate of drug-likeness (QED) is 0.456. The second-order valence-electron chi connectivity index (χ2n) is 7.12. The van der Waals surface area contributed by atoms with Crippen molar-refractivity contribution in [3.8, 4) is 0 Å². The van der Waals surface area contributed by atoms with Crippen LogP contribution in [-0.2, 0) is 9.57 Å². The predicted molar refractivity (Wildman–Crippen MR) is 102 cm³/mol. The lowest BCUT2D eigenvalue weighted by Crippen LogP contribution is -2.29. The fraction of sp³-hybridized carbons (Fsp3) is 0.316. The highest BCUT2D eigenvalue weighted by Crippen LogP contribution is 2.29. The molecule has 0 aliphatic heterocycles. The van der Waals surface area contributed by atoms with Crippen molar-refractivity contribution < 1.29 is 24.4 Å². The molecule has 2 aromatic heterocycles. The van der Waals surface area contributed by atoms with Gasteiger partial charge in [0.05, 0.1) is 23.8 Å². The van der Waals surface area contributed by atoms with Crippen LogP contribution in [0.5, 0.6) is 0 Å². The lowest BCUT2D eigenvalue weighted by Gasteiger charge is -2.20. The van der Waals surface area contributed by atoms with Gasteiger partial charge in [-0.25, -0.2) is 14.3 Å². The Bertz CT molecular complexity index is 1020. The summed E-state index contributed by atoms with van der Waals surface area (Å²) < 4.78 is 6.99. The van der Waals surface area contributed by atoms with Gasteiger partial charge in [-0.3, -0.25) is 14.8 Å². The lowest BCUT2D eigenvalue weighted by atomic mass is 10.1. The van der Waals surface area contributed by atoms with Crippen molar-refractivity contribution in [1.82, 2.24) is 20.5 Å². The predicted octanol–water partition coefficient (Wildman–Crippen LogP) is 2.61. The zero-order valence-electron chi connectivity index (χ0n) is 15.9. The van der Waals surface area contributed by atoms with Gasteiger partial charge in [-0.15, -0.1) is 0 Å². The van der Waals surface area contributed by atoms with E-state index in [-0.39, 0.29) is 18.8 Å². The summed E-state index contributed by atoms with van der Waals surface area (Å²) in [5, 5.41) is 12.5. The minimum atomic E-state index is -0.645. The molecule has 0 fully saturated rings. The third-order valence-corrected chi connectivity index (χ3v) is 3.92. The maximum absolute atomic E-state index is 12.8. The molecule has 2 heterocycles. The van der Waals surface area contributed by atoms with E-state index in [4.69, 9.17) is 9.94 Å². The van der Waals surface area contributed by atoms with Crippen LogP contribution in [0.1, 0.15) is 31.3 Å². The first-order chi connectivity index (χ1) is 13.3. The minimum Gasteiger partial charge on any atom is -0.443 e. The molecule has 0 radical (unpaired) electrons. The number of amides is 1. The molecule has 0 spiro atoms. The number of carbonyl (C=O) groups excluding carboxylic acids is 2. The van der Waals surface area contributed by atoms with E-state index in [0.717, 1.165) is 10.8 Å². The summed E-state index contributed by atoms with van der Waals surface area (Å²) in [5.74, 6) is -0.391. The molecule has 1 aromatic carbocycles. The molecule has 1 amide bonds. The van der Waals surface area contributed by atoms with Crippen molar-refractivity contribution in [3.63, 3.8) is 0 Å². The van der Waals surface area contributed by atoms with Crippen molar-refractivity contribution in [2.24, 2.45) is 0 Å². The molecule has 0 unspecified atom stereocenters. The number of aromatic nitrogens is 2. The maximum Gasteiger partial charge on any atom is 0.419 e. The Morgan fingerprint density at radius 3 is 2.64 bits per heavy atom. The first-order valence-electron chi connectivity index (χ1n) is 8.73. The molecule has 0 bridgehead atoms. The molecule has 28 heavy (non-hydrogen) atoms. The van der Waals surface area contributed by atoms with Crippen LogP contribution in [0.2, 0.25) is 0 Å². The number of nitrogens with zero attached hydrogens (tertiary/aromatic N) is 2. The fourth-order valence-corrected chi connectivity index (χ4v) is 2.85. The Hall–Kier alpha value is -3.01. The topological polar surface area (TPSA) is 115 Å². The molecule has 3 aromatic rings. The van der Waals surface area contributed by atoms with Gasteiger partial charge >= 0.3 is 6.09 Å². The van der Waals surface area contributed by atoms with E-state index in [1.54, 1.807) is 32.5 Å². The molecule has 0 saturated heterocycles. The van der Waals surface area contributed by atoms with Gasteiger partial charge in [-0.1, -0.05) is 23.8 Å². The number of benzene rings is 1. The number of nitrogens with one attached hydrogen (secondary N) is 2. The van der Waals surface area contributed by atoms with Gasteiger partial charge in [0.25, 0.3) is 5.91 Å². The van der Waals surface area contributed by atoms with Crippen LogP contribution in [0.3, 0.4) is 0 Å². The number of fused-ring (bicyclic) bond motifs is 3. The molecule has 148 valence electrons. The molecule has 0 saturated carbocycles. The van der Waals surface area contributed by atoms with E-state index >= 15 is 0 Å². The van der Waals surface area contributed by atoms with E-state index in [1.165, 1.54) is 10.8 Å². The largest absolute Gasteiger partial charge is 0.443 e. The highest BCUT2D eigenvalue weighted by atomic mass is 16.8. The minimum absolute atomic E-state index is 0.0857. The summed E-state index contributed by atoms with van der Waals surface area (Å²) in [5.41, 5.74) is 2.33. The SMILES string of the molecule is CC(C)(C)OC(=O)n1c2ccccc2c2cc(C(=O)NCCONO)ncc21. The third-order valence-electron chi connectivity index (χ3n) is 3.92. The number of para-hydroxylation sites is 1. The Balaban J connectivity index is 2.01. The van der Waals surface area contributed by atoms with Crippen molar-refractivity contribution >= 4 is 33.8 Å². The van der Waals surface area contributed by atoms with Gasteiger partial charge < -0.3 is 10.1 Å². The monoisotopic (exact) mass is 386 g/mol. The number of pyridine rings is 1. The second-order valence-corrected chi connectivity index (χ2v) is 7.12. The molecule has 9 heteroatoms. The first kappa shape index (κ1) is 19.7. The fourth-order valence-electron chi connectivity index (χ4n) is 2.85. The Morgan fingerprint density at radius 1 is 1.18 bits per heavy atom. The zero-order chi connectivity index (χ0) is 20.3. The molecular formula is C19H22N4O5. The van der Waals surface area contributed by atoms with Crippen LogP contribution in [0.25, 0.3) is 21.8 Å². The van der Waals surface area contributed by atoms with Crippen molar-refractivity contribution in [3.05, 3.63) is 42.2 Å². The first-order valence-corrected chi connectivity index (χ1v) is 8.73. The summed E-state index contributed by atoms with van der Waals surface area (Å²) in [7, 11) is 0. The Labute approximate surface area is 161 Å². The Morgan fingerprint density at radius 2 is 1.93 bits per heavy atom. The molecule has 0 atom stereocenters. The van der Waals surface area contributed by atoms with Crippen molar-refractivity contribution in [1.29, 1.82) is 0 Å². The van der Waals surface area contributed by atoms with Gasteiger partial charge in [-0.2, -0.15) is 0 Å². The van der Waals surface area contributed by atoms with Crippen LogP contribution < -0.4 is 11.0 Å². The number of hydrogen-bond donors (Lipinski definition) is 3. The van der Waals surface area contributed by atoms with Gasteiger partial charge in [0.15, 0.2) is 0 Å². The third kappa shape index (κ3) is 4.11. The average molecular weight is 386 g/mol. The molecule has 0 aliphatic carbocycles. The van der Waals surface area contributed by atoms with Gasteiger partial charge in [0.1, 0.15) is 11.3 Å². The molecular weight excluding hydrogens is 364 g/mol. The van der Waals surface area contributed by atoms with E-state index in [0.29, 0.717) is 11.0 Å². The van der Waals surface area contributed by atoms with E-state index < -0.39 is 17.6 Å². The smallest absolute Gasteiger partial charge is 0.419 e. The lowest BCUT2D eigenvalue weighted by molar-refractivity contribution is -0.125. The molecule has 0 aliphatic rings. The van der Waals surface area contributed by atoms with Crippen molar-refractivity contribution in [2.45, 2.75) is 26.4 Å². The molecule has 3 N–H and O–H groups in total.